The number of aromatic nitrogens is 2. The first-order chi connectivity index (χ1) is 6.90. The molecule has 0 fully saturated rings. The molecule has 1 N–H and O–H groups in total. The van der Waals surface area contributed by atoms with E-state index in [0.717, 1.165) is 23.7 Å². The number of nitrogens with one attached hydrogen (secondary N) is 1. The number of nitrogens with zero attached hydrogens (tertiary/aromatic N) is 2. The summed E-state index contributed by atoms with van der Waals surface area (Å²) in [6.07, 6.45) is 2.80. The van der Waals surface area contributed by atoms with Crippen molar-refractivity contribution in [1.29, 1.82) is 0 Å². The molecule has 0 aliphatic carbocycles. The van der Waals surface area contributed by atoms with Gasteiger partial charge in [-0.3, -0.25) is 0 Å². The Kier molecular flexibility index (Phi) is 3.23. The Bertz CT molecular complexity index is 380. The Morgan fingerprint density at radius 3 is 3.07 bits per heavy atom. The van der Waals surface area contributed by atoms with E-state index in [0.29, 0.717) is 0 Å². The molecule has 14 heavy (non-hydrogen) atoms. The van der Waals surface area contributed by atoms with Crippen molar-refractivity contribution >= 4 is 22.7 Å². The molecule has 3 nitrogen and oxygen atoms in total. The van der Waals surface area contributed by atoms with E-state index in [1.165, 1.54) is 5.01 Å². The highest BCUT2D eigenvalue weighted by atomic mass is 32.1. The number of likely N-dealkylation sites (N-methyl/N-ethyl adjacent to an activating group) is 1. The average molecular weight is 225 g/mol. The topological polar surface area (TPSA) is 37.8 Å². The minimum Gasteiger partial charge on any atom is -0.319 e. The van der Waals surface area contributed by atoms with Gasteiger partial charge in [0.15, 0.2) is 0 Å². The van der Waals surface area contributed by atoms with Gasteiger partial charge in [-0.25, -0.2) is 9.97 Å². The van der Waals surface area contributed by atoms with E-state index in [9.17, 15) is 0 Å². The summed E-state index contributed by atoms with van der Waals surface area (Å²) in [7, 11) is 1.95. The van der Waals surface area contributed by atoms with Gasteiger partial charge >= 0.3 is 0 Å². The molecule has 0 spiro atoms. The molecule has 2 rings (SSSR count). The number of thiazole rings is 2. The van der Waals surface area contributed by atoms with Gasteiger partial charge in [-0.05, 0) is 7.05 Å². The van der Waals surface area contributed by atoms with Crippen molar-refractivity contribution in [3.8, 4) is 10.7 Å². The van der Waals surface area contributed by atoms with Gasteiger partial charge in [0.25, 0.3) is 0 Å². The molecule has 0 amide bonds. The van der Waals surface area contributed by atoms with Crippen molar-refractivity contribution in [1.82, 2.24) is 15.3 Å². The summed E-state index contributed by atoms with van der Waals surface area (Å²) in [6.45, 7) is 0.977. The van der Waals surface area contributed by atoms with Crippen LogP contribution in [0.3, 0.4) is 0 Å². The summed E-state index contributed by atoms with van der Waals surface area (Å²) < 4.78 is 0. The standard InChI is InChI=1S/C9H11N3S2/c1-10-3-2-8-12-7(6-14-8)9-11-4-5-13-9/h4-6,10H,2-3H2,1H3. The zero-order valence-electron chi connectivity index (χ0n) is 7.86. The molecule has 0 bridgehead atoms. The fraction of sp³-hybridized carbons (Fsp3) is 0.333. The van der Waals surface area contributed by atoms with Crippen LogP contribution in [0.2, 0.25) is 0 Å². The normalized spacial score (nSPS) is 10.6. The first kappa shape index (κ1) is 9.76. The quantitative estimate of drug-likeness (QED) is 0.865. The molecule has 0 saturated carbocycles. The number of hydrogen-bond acceptors (Lipinski definition) is 5. The first-order valence-corrected chi connectivity index (χ1v) is 6.15. The van der Waals surface area contributed by atoms with Crippen LogP contribution < -0.4 is 5.32 Å². The largest absolute Gasteiger partial charge is 0.319 e. The molecule has 0 aliphatic heterocycles. The molecule has 0 atom stereocenters. The van der Waals surface area contributed by atoms with Crippen LogP contribution >= 0.6 is 22.7 Å². The SMILES string of the molecule is CNCCc1nc(-c2nccs2)cs1. The summed E-state index contributed by atoms with van der Waals surface area (Å²) in [5.41, 5.74) is 1.01. The molecule has 0 unspecified atom stereocenters. The maximum atomic E-state index is 4.52. The van der Waals surface area contributed by atoms with Crippen LogP contribution in [0.4, 0.5) is 0 Å². The van der Waals surface area contributed by atoms with Crippen LogP contribution in [0.5, 0.6) is 0 Å². The second kappa shape index (κ2) is 4.63. The maximum absolute atomic E-state index is 4.52. The molecule has 0 saturated heterocycles. The lowest BCUT2D eigenvalue weighted by Crippen LogP contribution is -2.09. The van der Waals surface area contributed by atoms with Gasteiger partial charge in [0, 0.05) is 29.9 Å². The number of rotatable bonds is 4. The van der Waals surface area contributed by atoms with Crippen LogP contribution in [-0.4, -0.2) is 23.6 Å². The number of hydrogen-bond donors (Lipinski definition) is 1. The Balaban J connectivity index is 2.10. The average Bonchev–Trinajstić information content (AvgIpc) is 2.85. The summed E-state index contributed by atoms with van der Waals surface area (Å²) >= 11 is 3.33. The second-order valence-electron chi connectivity index (χ2n) is 2.82. The Labute approximate surface area is 90.9 Å². The zero-order valence-corrected chi connectivity index (χ0v) is 9.49. The predicted molar refractivity (Wildman–Crippen MR) is 60.9 cm³/mol. The Hall–Kier alpha value is -0.780. The van der Waals surface area contributed by atoms with Gasteiger partial charge in [0.05, 0.1) is 5.01 Å². The van der Waals surface area contributed by atoms with Gasteiger partial charge in [-0.1, -0.05) is 0 Å². The molecule has 74 valence electrons. The lowest BCUT2D eigenvalue weighted by Gasteiger charge is -1.93. The fourth-order valence-electron chi connectivity index (χ4n) is 1.11. The van der Waals surface area contributed by atoms with Gasteiger partial charge in [0.1, 0.15) is 10.7 Å². The predicted octanol–water partition coefficient (Wildman–Crippen LogP) is 2.03. The summed E-state index contributed by atoms with van der Waals surface area (Å²) in [6, 6.07) is 0. The zero-order chi connectivity index (χ0) is 9.80. The van der Waals surface area contributed by atoms with E-state index in [1.807, 2.05) is 18.6 Å². The monoisotopic (exact) mass is 225 g/mol. The molecule has 2 heterocycles. The van der Waals surface area contributed by atoms with Gasteiger partial charge < -0.3 is 5.32 Å². The van der Waals surface area contributed by atoms with E-state index in [1.54, 1.807) is 22.7 Å². The van der Waals surface area contributed by atoms with Crippen LogP contribution in [0, 0.1) is 0 Å². The lowest BCUT2D eigenvalue weighted by molar-refractivity contribution is 0.788. The first-order valence-electron chi connectivity index (χ1n) is 4.39. The van der Waals surface area contributed by atoms with Gasteiger partial charge in [0.2, 0.25) is 0 Å². The minimum atomic E-state index is 0.977. The van der Waals surface area contributed by atoms with Crippen LogP contribution in [0.1, 0.15) is 5.01 Å². The highest BCUT2D eigenvalue weighted by Crippen LogP contribution is 2.23. The second-order valence-corrected chi connectivity index (χ2v) is 4.65. The van der Waals surface area contributed by atoms with Crippen molar-refractivity contribution in [3.63, 3.8) is 0 Å². The smallest absolute Gasteiger partial charge is 0.142 e. The van der Waals surface area contributed by atoms with Crippen LogP contribution in [-0.2, 0) is 6.42 Å². The molecule has 2 aromatic heterocycles. The third-order valence-corrected chi connectivity index (χ3v) is 3.50. The van der Waals surface area contributed by atoms with Crippen molar-refractivity contribution in [3.05, 3.63) is 22.0 Å². The van der Waals surface area contributed by atoms with E-state index in [4.69, 9.17) is 0 Å². The van der Waals surface area contributed by atoms with Crippen molar-refractivity contribution in [2.45, 2.75) is 6.42 Å². The third-order valence-electron chi connectivity index (χ3n) is 1.79. The van der Waals surface area contributed by atoms with E-state index >= 15 is 0 Å². The van der Waals surface area contributed by atoms with Crippen LogP contribution in [0.25, 0.3) is 10.7 Å². The highest BCUT2D eigenvalue weighted by Gasteiger charge is 2.05. The molecule has 0 aliphatic rings. The van der Waals surface area contributed by atoms with Gasteiger partial charge in [-0.2, -0.15) is 0 Å². The summed E-state index contributed by atoms with van der Waals surface area (Å²) in [5.74, 6) is 0. The van der Waals surface area contributed by atoms with Gasteiger partial charge in [-0.15, -0.1) is 22.7 Å². The minimum absolute atomic E-state index is 0.977. The molecule has 0 aromatic carbocycles. The summed E-state index contributed by atoms with van der Waals surface area (Å²) in [4.78, 5) is 8.74. The lowest BCUT2D eigenvalue weighted by atomic mass is 10.4. The molecule has 0 radical (unpaired) electrons. The molecule has 5 heteroatoms. The fourth-order valence-corrected chi connectivity index (χ4v) is 2.56. The van der Waals surface area contributed by atoms with E-state index in [2.05, 4.69) is 20.7 Å². The third kappa shape index (κ3) is 2.17. The Morgan fingerprint density at radius 2 is 2.36 bits per heavy atom. The summed E-state index contributed by atoms with van der Waals surface area (Å²) in [5, 5.41) is 9.34. The van der Waals surface area contributed by atoms with Crippen LogP contribution in [0.15, 0.2) is 17.0 Å². The van der Waals surface area contributed by atoms with Crippen molar-refractivity contribution in [2.24, 2.45) is 0 Å². The maximum Gasteiger partial charge on any atom is 0.142 e. The van der Waals surface area contributed by atoms with Crippen molar-refractivity contribution in [2.75, 3.05) is 13.6 Å². The van der Waals surface area contributed by atoms with E-state index < -0.39 is 0 Å². The molecular weight excluding hydrogens is 214 g/mol. The molecular formula is C9H11N3S2. The highest BCUT2D eigenvalue weighted by molar-refractivity contribution is 7.14. The molecule has 2 aromatic rings. The van der Waals surface area contributed by atoms with E-state index in [-0.39, 0.29) is 0 Å². The Morgan fingerprint density at radius 1 is 1.43 bits per heavy atom. The van der Waals surface area contributed by atoms with Crippen molar-refractivity contribution < 1.29 is 0 Å².